The normalized spacial score (nSPS) is 16.4. The van der Waals surface area contributed by atoms with E-state index >= 15 is 0 Å². The van der Waals surface area contributed by atoms with E-state index in [9.17, 15) is 19.3 Å². The SMILES string of the molecule is O=C1NC(=Nc2ccc(F)cc2)S/C1=C\c1cccn1-c1ccc([N+](=O)[O-])cc1. The molecule has 29 heavy (non-hydrogen) atoms. The molecule has 0 aliphatic carbocycles. The van der Waals surface area contributed by atoms with E-state index in [0.717, 1.165) is 11.4 Å². The van der Waals surface area contributed by atoms with Crippen molar-refractivity contribution in [3.05, 3.63) is 93.4 Å². The maximum Gasteiger partial charge on any atom is 0.269 e. The van der Waals surface area contributed by atoms with Crippen LogP contribution in [0.1, 0.15) is 5.69 Å². The van der Waals surface area contributed by atoms with Crippen molar-refractivity contribution in [2.45, 2.75) is 0 Å². The molecule has 144 valence electrons. The van der Waals surface area contributed by atoms with E-state index in [1.807, 2.05) is 16.7 Å². The summed E-state index contributed by atoms with van der Waals surface area (Å²) in [6.45, 7) is 0. The molecule has 1 fully saturated rings. The van der Waals surface area contributed by atoms with Gasteiger partial charge < -0.3 is 9.88 Å². The van der Waals surface area contributed by atoms with Gasteiger partial charge in [0.15, 0.2) is 5.17 Å². The number of aromatic nitrogens is 1. The quantitative estimate of drug-likeness (QED) is 0.393. The average Bonchev–Trinajstić information content (AvgIpc) is 3.30. The van der Waals surface area contributed by atoms with Gasteiger partial charge in [-0.05, 0) is 66.4 Å². The number of nitro benzene ring substituents is 1. The third-order valence-electron chi connectivity index (χ3n) is 4.11. The number of thioether (sulfide) groups is 1. The molecule has 1 N–H and O–H groups in total. The Kier molecular flexibility index (Phi) is 4.96. The molecule has 0 radical (unpaired) electrons. The summed E-state index contributed by atoms with van der Waals surface area (Å²) in [6, 6.07) is 15.4. The maximum atomic E-state index is 13.0. The van der Waals surface area contributed by atoms with Crippen molar-refractivity contribution >= 4 is 40.3 Å². The molecule has 1 aromatic heterocycles. The Labute approximate surface area is 168 Å². The highest BCUT2D eigenvalue weighted by atomic mass is 32.2. The lowest BCUT2D eigenvalue weighted by Gasteiger charge is -2.06. The van der Waals surface area contributed by atoms with Crippen molar-refractivity contribution in [2.75, 3.05) is 0 Å². The van der Waals surface area contributed by atoms with Crippen LogP contribution >= 0.6 is 11.8 Å². The summed E-state index contributed by atoms with van der Waals surface area (Å²) in [4.78, 5) is 27.4. The van der Waals surface area contributed by atoms with Crippen LogP contribution in [0.2, 0.25) is 0 Å². The van der Waals surface area contributed by atoms with Crippen molar-refractivity contribution < 1.29 is 14.1 Å². The number of carbonyl (C=O) groups excluding carboxylic acids is 1. The van der Waals surface area contributed by atoms with E-state index in [0.29, 0.717) is 15.8 Å². The molecule has 0 spiro atoms. The smallest absolute Gasteiger partial charge is 0.269 e. The minimum Gasteiger partial charge on any atom is -0.317 e. The Morgan fingerprint density at radius 1 is 1.10 bits per heavy atom. The largest absolute Gasteiger partial charge is 0.317 e. The number of hydrogen-bond donors (Lipinski definition) is 1. The number of amidine groups is 1. The number of hydrogen-bond acceptors (Lipinski definition) is 5. The van der Waals surface area contributed by atoms with Crippen molar-refractivity contribution in [3.8, 4) is 5.69 Å². The Balaban J connectivity index is 1.59. The first-order valence-corrected chi connectivity index (χ1v) is 9.28. The zero-order chi connectivity index (χ0) is 20.4. The van der Waals surface area contributed by atoms with Gasteiger partial charge in [0.2, 0.25) is 0 Å². The molecule has 0 atom stereocenters. The number of carbonyl (C=O) groups is 1. The van der Waals surface area contributed by atoms with Gasteiger partial charge in [0.05, 0.1) is 15.5 Å². The fourth-order valence-corrected chi connectivity index (χ4v) is 3.56. The lowest BCUT2D eigenvalue weighted by Crippen LogP contribution is -2.19. The topological polar surface area (TPSA) is 89.5 Å². The first-order valence-electron chi connectivity index (χ1n) is 8.47. The second-order valence-corrected chi connectivity index (χ2v) is 7.07. The minimum absolute atomic E-state index is 0.00758. The monoisotopic (exact) mass is 408 g/mol. The summed E-state index contributed by atoms with van der Waals surface area (Å²) >= 11 is 1.18. The van der Waals surface area contributed by atoms with Gasteiger partial charge in [0, 0.05) is 29.7 Å². The number of halogens is 1. The van der Waals surface area contributed by atoms with Crippen molar-refractivity contribution in [1.29, 1.82) is 0 Å². The van der Waals surface area contributed by atoms with Crippen LogP contribution in [-0.4, -0.2) is 20.6 Å². The van der Waals surface area contributed by atoms with Crippen LogP contribution in [0.5, 0.6) is 0 Å². The second kappa shape index (κ2) is 7.72. The number of non-ortho nitro benzene ring substituents is 1. The van der Waals surface area contributed by atoms with E-state index < -0.39 is 4.92 Å². The molecule has 3 aromatic rings. The van der Waals surface area contributed by atoms with Crippen LogP contribution in [0.15, 0.2) is 76.8 Å². The van der Waals surface area contributed by atoms with Crippen molar-refractivity contribution in [2.24, 2.45) is 4.99 Å². The minimum atomic E-state index is -0.455. The van der Waals surface area contributed by atoms with E-state index in [-0.39, 0.29) is 17.4 Å². The van der Waals surface area contributed by atoms with Crippen LogP contribution < -0.4 is 5.32 Å². The Morgan fingerprint density at radius 3 is 2.52 bits per heavy atom. The highest BCUT2D eigenvalue weighted by Gasteiger charge is 2.24. The summed E-state index contributed by atoms with van der Waals surface area (Å²) < 4.78 is 14.8. The highest BCUT2D eigenvalue weighted by molar-refractivity contribution is 8.18. The molecule has 0 saturated carbocycles. The number of rotatable bonds is 4. The lowest BCUT2D eigenvalue weighted by atomic mass is 10.2. The summed E-state index contributed by atoms with van der Waals surface area (Å²) in [5.41, 5.74) is 2.01. The van der Waals surface area contributed by atoms with Gasteiger partial charge in [0.1, 0.15) is 5.82 Å². The predicted octanol–water partition coefficient (Wildman–Crippen LogP) is 4.42. The van der Waals surface area contributed by atoms with Crippen LogP contribution in [0.3, 0.4) is 0 Å². The molecule has 2 heterocycles. The maximum absolute atomic E-state index is 13.0. The first-order chi connectivity index (χ1) is 14.0. The number of nitrogens with one attached hydrogen (secondary N) is 1. The van der Waals surface area contributed by atoms with Crippen molar-refractivity contribution in [3.63, 3.8) is 0 Å². The molecule has 9 heteroatoms. The van der Waals surface area contributed by atoms with E-state index in [1.165, 1.54) is 48.2 Å². The van der Waals surface area contributed by atoms with E-state index in [1.54, 1.807) is 24.4 Å². The molecular formula is C20H13FN4O3S. The molecule has 1 aliphatic heterocycles. The van der Waals surface area contributed by atoms with Gasteiger partial charge in [-0.1, -0.05) is 0 Å². The molecule has 4 rings (SSSR count). The third kappa shape index (κ3) is 4.09. The number of aliphatic imine (C=N–C) groups is 1. The fraction of sp³-hybridized carbons (Fsp3) is 0. The zero-order valence-corrected chi connectivity index (χ0v) is 15.6. The summed E-state index contributed by atoms with van der Waals surface area (Å²) in [5.74, 6) is -0.642. The van der Waals surface area contributed by atoms with Gasteiger partial charge >= 0.3 is 0 Å². The highest BCUT2D eigenvalue weighted by Crippen LogP contribution is 2.29. The van der Waals surface area contributed by atoms with Gasteiger partial charge in [-0.2, -0.15) is 0 Å². The number of amides is 1. The molecule has 0 bridgehead atoms. The van der Waals surface area contributed by atoms with Crippen molar-refractivity contribution in [1.82, 2.24) is 9.88 Å². The van der Waals surface area contributed by atoms with Crippen LogP contribution in [0.25, 0.3) is 11.8 Å². The first kappa shape index (κ1) is 18.6. The lowest BCUT2D eigenvalue weighted by molar-refractivity contribution is -0.384. The van der Waals surface area contributed by atoms with E-state index in [4.69, 9.17) is 0 Å². The average molecular weight is 408 g/mol. The van der Waals surface area contributed by atoms with Gasteiger partial charge in [-0.3, -0.25) is 14.9 Å². The molecule has 1 aliphatic rings. The van der Waals surface area contributed by atoms with Gasteiger partial charge in [-0.15, -0.1) is 0 Å². The predicted molar refractivity (Wildman–Crippen MR) is 110 cm³/mol. The summed E-state index contributed by atoms with van der Waals surface area (Å²) in [6.07, 6.45) is 3.52. The zero-order valence-electron chi connectivity index (χ0n) is 14.8. The molecule has 1 amide bonds. The summed E-state index contributed by atoms with van der Waals surface area (Å²) in [5, 5.41) is 13.9. The number of benzene rings is 2. The standard InChI is InChI=1S/C20H13FN4O3S/c21-13-3-5-14(6-4-13)22-20-23-19(26)18(29-20)12-17-2-1-11-24(17)15-7-9-16(10-8-15)25(27)28/h1-12H,(H,22,23,26)/b18-12-. The Bertz CT molecular complexity index is 1150. The molecule has 2 aromatic carbocycles. The number of nitrogens with zero attached hydrogens (tertiary/aromatic N) is 3. The van der Waals surface area contributed by atoms with Gasteiger partial charge in [-0.25, -0.2) is 9.38 Å². The van der Waals surface area contributed by atoms with E-state index in [2.05, 4.69) is 10.3 Å². The van der Waals surface area contributed by atoms with Crippen LogP contribution in [0.4, 0.5) is 15.8 Å². The summed E-state index contributed by atoms with van der Waals surface area (Å²) in [7, 11) is 0. The molecule has 1 saturated heterocycles. The molecule has 7 nitrogen and oxygen atoms in total. The second-order valence-electron chi connectivity index (χ2n) is 6.03. The molecule has 0 unspecified atom stereocenters. The molecular weight excluding hydrogens is 395 g/mol. The fourth-order valence-electron chi connectivity index (χ4n) is 2.73. The Morgan fingerprint density at radius 2 is 1.83 bits per heavy atom. The Hall–Kier alpha value is -3.72. The van der Waals surface area contributed by atoms with Crippen LogP contribution in [0, 0.1) is 15.9 Å². The number of nitro groups is 1. The third-order valence-corrected chi connectivity index (χ3v) is 5.02. The van der Waals surface area contributed by atoms with Crippen LogP contribution in [-0.2, 0) is 4.79 Å². The van der Waals surface area contributed by atoms with Gasteiger partial charge in [0.25, 0.3) is 11.6 Å².